The summed E-state index contributed by atoms with van der Waals surface area (Å²) in [4.78, 5) is 24.7. The van der Waals surface area contributed by atoms with Crippen LogP contribution in [0.5, 0.6) is 0 Å². The van der Waals surface area contributed by atoms with Crippen molar-refractivity contribution < 1.29 is 4.79 Å². The molecule has 0 N–H and O–H groups in total. The van der Waals surface area contributed by atoms with Crippen LogP contribution in [0.2, 0.25) is 0 Å². The normalized spacial score (nSPS) is 11.4. The lowest BCUT2D eigenvalue weighted by Crippen LogP contribution is -2.39. The molecule has 3 aromatic rings. The van der Waals surface area contributed by atoms with Crippen LogP contribution in [-0.4, -0.2) is 54.0 Å². The van der Waals surface area contributed by atoms with Gasteiger partial charge in [-0.15, -0.1) is 23.5 Å². The smallest absolute Gasteiger partial charge is 0.229 e. The number of anilines is 1. The fourth-order valence-electron chi connectivity index (χ4n) is 3.27. The Morgan fingerprint density at radius 1 is 1.03 bits per heavy atom. The number of benzene rings is 2. The number of thiazole rings is 1. The number of amides is 1. The quantitative estimate of drug-likeness (QED) is 0.311. The van der Waals surface area contributed by atoms with E-state index < -0.39 is 0 Å². The molecule has 3 rings (SSSR count). The van der Waals surface area contributed by atoms with Gasteiger partial charge in [0.05, 0.1) is 10.2 Å². The number of likely N-dealkylation sites (N-methyl/N-ethyl adjacent to an activating group) is 1. The van der Waals surface area contributed by atoms with E-state index in [2.05, 4.69) is 74.4 Å². The zero-order valence-electron chi connectivity index (χ0n) is 18.8. The lowest BCUT2D eigenvalue weighted by atomic mass is 10.2. The van der Waals surface area contributed by atoms with Gasteiger partial charge in [-0.3, -0.25) is 9.69 Å². The van der Waals surface area contributed by atoms with Crippen LogP contribution < -0.4 is 4.90 Å². The first-order chi connectivity index (χ1) is 15.0. The Morgan fingerprint density at radius 3 is 2.42 bits per heavy atom. The third kappa shape index (κ3) is 6.72. The van der Waals surface area contributed by atoms with Gasteiger partial charge in [0.2, 0.25) is 5.91 Å². The van der Waals surface area contributed by atoms with Crippen molar-refractivity contribution in [1.29, 1.82) is 0 Å². The maximum absolute atomic E-state index is 13.2. The molecule has 1 heterocycles. The topological polar surface area (TPSA) is 36.4 Å². The number of hydrogen-bond donors (Lipinski definition) is 0. The number of aryl methyl sites for hydroxylation is 1. The van der Waals surface area contributed by atoms with Crippen molar-refractivity contribution in [3.8, 4) is 0 Å². The second-order valence-electron chi connectivity index (χ2n) is 7.31. The van der Waals surface area contributed by atoms with Crippen molar-refractivity contribution in [2.45, 2.75) is 37.0 Å². The Hall–Kier alpha value is -1.54. The zero-order valence-corrected chi connectivity index (χ0v) is 21.2. The predicted molar refractivity (Wildman–Crippen MR) is 138 cm³/mol. The molecule has 2 aromatic carbocycles. The van der Waals surface area contributed by atoms with E-state index in [1.165, 1.54) is 15.4 Å². The first-order valence-electron chi connectivity index (χ1n) is 10.7. The molecule has 0 spiro atoms. The molecule has 0 aliphatic rings. The predicted octanol–water partition coefficient (Wildman–Crippen LogP) is 6.18. The summed E-state index contributed by atoms with van der Waals surface area (Å²) in [5.74, 6) is 0.918. The number of thioether (sulfide) groups is 2. The Bertz CT molecular complexity index is 983. The highest BCUT2D eigenvalue weighted by Gasteiger charge is 2.20. The Labute approximate surface area is 198 Å². The van der Waals surface area contributed by atoms with Crippen LogP contribution in [0.4, 0.5) is 5.13 Å². The molecule has 4 nitrogen and oxygen atoms in total. The summed E-state index contributed by atoms with van der Waals surface area (Å²) < 4.78 is 1.14. The van der Waals surface area contributed by atoms with E-state index in [1.54, 1.807) is 34.9 Å². The molecule has 0 bridgehead atoms. The highest BCUT2D eigenvalue weighted by molar-refractivity contribution is 7.99. The van der Waals surface area contributed by atoms with Crippen LogP contribution in [0.15, 0.2) is 52.3 Å². The minimum absolute atomic E-state index is 0.149. The number of carbonyl (C=O) groups is 1. The molecule has 31 heavy (non-hydrogen) atoms. The summed E-state index contributed by atoms with van der Waals surface area (Å²) in [6.45, 7) is 9.91. The second kappa shape index (κ2) is 11.9. The van der Waals surface area contributed by atoms with Crippen LogP contribution in [-0.2, 0) is 4.79 Å². The van der Waals surface area contributed by atoms with Crippen LogP contribution >= 0.6 is 34.9 Å². The fourth-order valence-corrected chi connectivity index (χ4v) is 5.67. The van der Waals surface area contributed by atoms with Crippen molar-refractivity contribution in [1.82, 2.24) is 9.88 Å². The molecular formula is C24H31N3OS3. The molecule has 0 aliphatic heterocycles. The summed E-state index contributed by atoms with van der Waals surface area (Å²) >= 11 is 5.08. The molecule has 0 atom stereocenters. The van der Waals surface area contributed by atoms with Gasteiger partial charge < -0.3 is 4.90 Å². The number of carbonyl (C=O) groups excluding carboxylic acids is 1. The first-order valence-corrected chi connectivity index (χ1v) is 13.7. The average Bonchev–Trinajstić information content (AvgIpc) is 3.20. The fraction of sp³-hybridized carbons (Fsp3) is 0.417. The monoisotopic (exact) mass is 473 g/mol. The molecule has 0 radical (unpaired) electrons. The molecule has 7 heteroatoms. The van der Waals surface area contributed by atoms with E-state index in [0.717, 1.165) is 40.7 Å². The Kier molecular flexibility index (Phi) is 9.26. The van der Waals surface area contributed by atoms with Gasteiger partial charge in [-0.05, 0) is 56.6 Å². The van der Waals surface area contributed by atoms with Crippen molar-refractivity contribution in [3.63, 3.8) is 0 Å². The van der Waals surface area contributed by atoms with Crippen molar-refractivity contribution in [2.75, 3.05) is 43.1 Å². The largest absolute Gasteiger partial charge is 0.302 e. The number of fused-ring (bicyclic) bond motifs is 1. The van der Waals surface area contributed by atoms with E-state index in [1.807, 2.05) is 4.90 Å². The summed E-state index contributed by atoms with van der Waals surface area (Å²) in [7, 11) is 0. The lowest BCUT2D eigenvalue weighted by Gasteiger charge is -2.24. The van der Waals surface area contributed by atoms with Crippen molar-refractivity contribution >= 4 is 56.1 Å². The van der Waals surface area contributed by atoms with Gasteiger partial charge in [0.15, 0.2) is 5.13 Å². The van der Waals surface area contributed by atoms with E-state index in [9.17, 15) is 4.79 Å². The van der Waals surface area contributed by atoms with E-state index in [0.29, 0.717) is 13.0 Å². The highest BCUT2D eigenvalue weighted by Crippen LogP contribution is 2.32. The van der Waals surface area contributed by atoms with Gasteiger partial charge in [0.1, 0.15) is 0 Å². The molecular weight excluding hydrogens is 442 g/mol. The molecule has 1 aromatic heterocycles. The summed E-state index contributed by atoms with van der Waals surface area (Å²) in [5, 5.41) is 0.811. The summed E-state index contributed by atoms with van der Waals surface area (Å²) in [6.07, 6.45) is 2.58. The van der Waals surface area contributed by atoms with Crippen LogP contribution in [0.3, 0.4) is 0 Å². The summed E-state index contributed by atoms with van der Waals surface area (Å²) in [5.41, 5.74) is 2.22. The number of nitrogens with zero attached hydrogens (tertiary/aromatic N) is 3. The molecule has 0 saturated carbocycles. The van der Waals surface area contributed by atoms with Gasteiger partial charge >= 0.3 is 0 Å². The van der Waals surface area contributed by atoms with Gasteiger partial charge in [0, 0.05) is 35.1 Å². The van der Waals surface area contributed by atoms with Crippen LogP contribution in [0, 0.1) is 6.92 Å². The summed E-state index contributed by atoms with van der Waals surface area (Å²) in [6, 6.07) is 14.8. The minimum atomic E-state index is 0.149. The molecule has 0 fully saturated rings. The lowest BCUT2D eigenvalue weighted by molar-refractivity contribution is -0.118. The third-order valence-corrected chi connectivity index (χ3v) is 8.04. The second-order valence-corrected chi connectivity index (χ2v) is 10.4. The molecule has 0 saturated heterocycles. The van der Waals surface area contributed by atoms with E-state index in [-0.39, 0.29) is 5.91 Å². The SMILES string of the molecule is CCN(CC)CCN(C(=O)CCSc1ccc(C)cc1)c1nc2ccc(SC)cc2s1. The average molecular weight is 474 g/mol. The molecule has 0 unspecified atom stereocenters. The standard InChI is InChI=1S/C24H31N3OS3/c1-5-26(6-2)14-15-27(23(28)13-16-30-19-9-7-18(3)8-10-19)24-25-21-12-11-20(29-4)17-22(21)31-24/h7-12,17H,5-6,13-16H2,1-4H3. The van der Waals surface area contributed by atoms with Gasteiger partial charge in [-0.1, -0.05) is 42.9 Å². The first kappa shape index (κ1) is 24.1. The Balaban J connectivity index is 1.73. The van der Waals surface area contributed by atoms with E-state index >= 15 is 0 Å². The highest BCUT2D eigenvalue weighted by atomic mass is 32.2. The van der Waals surface area contributed by atoms with Gasteiger partial charge in [-0.2, -0.15) is 0 Å². The molecule has 1 amide bonds. The Morgan fingerprint density at radius 2 is 1.74 bits per heavy atom. The zero-order chi connectivity index (χ0) is 22.2. The number of aromatic nitrogens is 1. The molecule has 166 valence electrons. The maximum atomic E-state index is 13.2. The van der Waals surface area contributed by atoms with Crippen molar-refractivity contribution in [2.24, 2.45) is 0 Å². The number of hydrogen-bond acceptors (Lipinski definition) is 6. The molecule has 0 aliphatic carbocycles. The van der Waals surface area contributed by atoms with Crippen LogP contribution in [0.25, 0.3) is 10.2 Å². The third-order valence-electron chi connectivity index (χ3n) is 5.26. The van der Waals surface area contributed by atoms with Crippen LogP contribution in [0.1, 0.15) is 25.8 Å². The maximum Gasteiger partial charge on any atom is 0.229 e. The minimum Gasteiger partial charge on any atom is -0.302 e. The van der Waals surface area contributed by atoms with Gasteiger partial charge in [-0.25, -0.2) is 4.98 Å². The number of rotatable bonds is 11. The van der Waals surface area contributed by atoms with E-state index in [4.69, 9.17) is 4.98 Å². The van der Waals surface area contributed by atoms with Gasteiger partial charge in [0.25, 0.3) is 0 Å². The van der Waals surface area contributed by atoms with Crippen molar-refractivity contribution in [3.05, 3.63) is 48.0 Å².